The van der Waals surface area contributed by atoms with Gasteiger partial charge in [-0.15, -0.1) is 5.10 Å². The van der Waals surface area contributed by atoms with E-state index in [0.29, 0.717) is 17.8 Å². The maximum atomic E-state index is 12.9. The molecule has 0 saturated carbocycles. The van der Waals surface area contributed by atoms with E-state index in [0.717, 1.165) is 42.6 Å². The van der Waals surface area contributed by atoms with Crippen LogP contribution in [0.5, 0.6) is 0 Å². The third-order valence-electron chi connectivity index (χ3n) is 5.69. The smallest absolute Gasteiger partial charge is 0.353 e. The maximum Gasteiger partial charge on any atom is 0.453 e. The number of hydrogen-bond acceptors (Lipinski definition) is 5. The summed E-state index contributed by atoms with van der Waals surface area (Å²) >= 11 is 0. The van der Waals surface area contributed by atoms with Gasteiger partial charge >= 0.3 is 6.18 Å². The molecule has 7 nitrogen and oxygen atoms in total. The number of aryl methyl sites for hydroxylation is 2. The molecule has 10 heteroatoms. The summed E-state index contributed by atoms with van der Waals surface area (Å²) in [4.78, 5) is 22.5. The molecule has 0 aromatic carbocycles. The van der Waals surface area contributed by atoms with Gasteiger partial charge in [-0.25, -0.2) is 9.50 Å². The summed E-state index contributed by atoms with van der Waals surface area (Å²) in [5.41, 5.74) is 1.82. The van der Waals surface area contributed by atoms with Crippen molar-refractivity contribution in [2.45, 2.75) is 71.5 Å². The normalized spacial score (nSPS) is 16.3. The van der Waals surface area contributed by atoms with E-state index in [-0.39, 0.29) is 24.1 Å². The van der Waals surface area contributed by atoms with Crippen LogP contribution in [0.2, 0.25) is 0 Å². The molecule has 0 bridgehead atoms. The Bertz CT molecular complexity index is 887. The summed E-state index contributed by atoms with van der Waals surface area (Å²) in [5.74, 6) is -1.34. The SMILES string of the molecule is CCCCN1CCC(NC(=O)CCc2c(C)nc3nc(C(F)(F)F)nn3c2C)CC1. The zero-order valence-corrected chi connectivity index (χ0v) is 17.7. The lowest BCUT2D eigenvalue weighted by Crippen LogP contribution is -2.44. The number of rotatable bonds is 7. The van der Waals surface area contributed by atoms with Crippen LogP contribution in [0.3, 0.4) is 0 Å². The number of carbonyl (C=O) groups excluding carboxylic acids is 1. The van der Waals surface area contributed by atoms with E-state index in [4.69, 9.17) is 0 Å². The molecule has 0 unspecified atom stereocenters. The summed E-state index contributed by atoms with van der Waals surface area (Å²) in [6.07, 6.45) is 0.294. The molecule has 1 N–H and O–H groups in total. The number of unbranched alkanes of at least 4 members (excludes halogenated alkanes) is 1. The molecule has 30 heavy (non-hydrogen) atoms. The van der Waals surface area contributed by atoms with Crippen LogP contribution in [0, 0.1) is 13.8 Å². The number of halogens is 3. The number of likely N-dealkylation sites (tertiary alicyclic amines) is 1. The number of piperidine rings is 1. The standard InChI is InChI=1S/C20H29F3N6O/c1-4-5-10-28-11-8-15(9-12-28)25-17(30)7-6-16-13(2)24-19-26-18(20(21,22)23)27-29(19)14(16)3/h15H,4-12H2,1-3H3,(H,25,30). The van der Waals surface area contributed by atoms with Gasteiger partial charge in [0.25, 0.3) is 11.6 Å². The number of nitrogens with zero attached hydrogens (tertiary/aromatic N) is 5. The molecule has 0 atom stereocenters. The summed E-state index contributed by atoms with van der Waals surface area (Å²) in [7, 11) is 0. The first-order chi connectivity index (χ1) is 14.2. The Morgan fingerprint density at radius 3 is 2.53 bits per heavy atom. The van der Waals surface area contributed by atoms with Crippen molar-refractivity contribution in [1.82, 2.24) is 29.8 Å². The molecule has 3 rings (SSSR count). The largest absolute Gasteiger partial charge is 0.453 e. The second-order valence-electron chi connectivity index (χ2n) is 7.94. The zero-order chi connectivity index (χ0) is 21.9. The third kappa shape index (κ3) is 5.27. The van der Waals surface area contributed by atoms with Gasteiger partial charge in [-0.3, -0.25) is 4.79 Å². The minimum Gasteiger partial charge on any atom is -0.353 e. The second-order valence-corrected chi connectivity index (χ2v) is 7.94. The number of alkyl halides is 3. The lowest BCUT2D eigenvalue weighted by molar-refractivity contribution is -0.144. The van der Waals surface area contributed by atoms with Crippen molar-refractivity contribution in [3.8, 4) is 0 Å². The predicted molar refractivity (Wildman–Crippen MR) is 106 cm³/mol. The Labute approximate surface area is 174 Å². The fourth-order valence-electron chi connectivity index (χ4n) is 3.91. The highest BCUT2D eigenvalue weighted by molar-refractivity contribution is 5.76. The summed E-state index contributed by atoms with van der Waals surface area (Å²) < 4.78 is 39.8. The number of carbonyl (C=O) groups is 1. The lowest BCUT2D eigenvalue weighted by Gasteiger charge is -2.32. The van der Waals surface area contributed by atoms with E-state index in [9.17, 15) is 18.0 Å². The lowest BCUT2D eigenvalue weighted by atomic mass is 10.0. The minimum atomic E-state index is -4.62. The van der Waals surface area contributed by atoms with Gasteiger partial charge in [0.1, 0.15) is 0 Å². The fraction of sp³-hybridized carbons (Fsp3) is 0.700. The van der Waals surface area contributed by atoms with E-state index in [1.807, 2.05) is 0 Å². The molecule has 166 valence electrons. The zero-order valence-electron chi connectivity index (χ0n) is 17.7. The monoisotopic (exact) mass is 426 g/mol. The number of nitrogens with one attached hydrogen (secondary N) is 1. The molecular formula is C20H29F3N6O. The summed E-state index contributed by atoms with van der Waals surface area (Å²) in [6.45, 7) is 8.68. The van der Waals surface area contributed by atoms with Crippen LogP contribution in [0.25, 0.3) is 5.78 Å². The van der Waals surface area contributed by atoms with Crippen LogP contribution >= 0.6 is 0 Å². The molecule has 3 heterocycles. The second kappa shape index (κ2) is 9.28. The number of fused-ring (bicyclic) bond motifs is 1. The molecule has 2 aromatic rings. The average molecular weight is 426 g/mol. The number of amides is 1. The van der Waals surface area contributed by atoms with Gasteiger partial charge in [-0.2, -0.15) is 18.2 Å². The molecule has 1 aliphatic heterocycles. The Morgan fingerprint density at radius 2 is 1.90 bits per heavy atom. The van der Waals surface area contributed by atoms with Gasteiger partial charge in [0, 0.05) is 36.9 Å². The molecule has 1 saturated heterocycles. The third-order valence-corrected chi connectivity index (χ3v) is 5.69. The Morgan fingerprint density at radius 1 is 1.20 bits per heavy atom. The first-order valence-electron chi connectivity index (χ1n) is 10.5. The van der Waals surface area contributed by atoms with Gasteiger partial charge in [0.05, 0.1) is 0 Å². The molecule has 1 aliphatic rings. The fourth-order valence-corrected chi connectivity index (χ4v) is 3.91. The van der Waals surface area contributed by atoms with Gasteiger partial charge in [-0.05, 0) is 51.6 Å². The minimum absolute atomic E-state index is 0.0459. The quantitative estimate of drug-likeness (QED) is 0.737. The van der Waals surface area contributed by atoms with Crippen LogP contribution in [0.4, 0.5) is 13.2 Å². The highest BCUT2D eigenvalue weighted by atomic mass is 19.4. The first-order valence-corrected chi connectivity index (χ1v) is 10.5. The van der Waals surface area contributed by atoms with E-state index < -0.39 is 12.0 Å². The average Bonchev–Trinajstić information content (AvgIpc) is 3.12. The van der Waals surface area contributed by atoms with Gasteiger partial charge in [0.2, 0.25) is 5.91 Å². The predicted octanol–water partition coefficient (Wildman–Crippen LogP) is 3.07. The van der Waals surface area contributed by atoms with Crippen LogP contribution in [0.1, 0.15) is 61.8 Å². The van der Waals surface area contributed by atoms with Gasteiger partial charge < -0.3 is 10.2 Å². The van der Waals surface area contributed by atoms with Crippen molar-refractivity contribution in [3.05, 3.63) is 22.8 Å². The first kappa shape index (κ1) is 22.5. The molecule has 0 aliphatic carbocycles. The molecule has 2 aromatic heterocycles. The Kier molecular flexibility index (Phi) is 6.95. The van der Waals surface area contributed by atoms with Crippen LogP contribution in [0.15, 0.2) is 0 Å². The van der Waals surface area contributed by atoms with Crippen LogP contribution in [-0.2, 0) is 17.4 Å². The van der Waals surface area contributed by atoms with E-state index >= 15 is 0 Å². The van der Waals surface area contributed by atoms with Gasteiger partial charge in [0.15, 0.2) is 0 Å². The van der Waals surface area contributed by atoms with Crippen molar-refractivity contribution in [1.29, 1.82) is 0 Å². The Hall–Kier alpha value is -2.23. The maximum absolute atomic E-state index is 12.9. The highest BCUT2D eigenvalue weighted by Crippen LogP contribution is 2.27. The summed E-state index contributed by atoms with van der Waals surface area (Å²) in [5, 5.41) is 6.64. The Balaban J connectivity index is 1.58. The molecule has 0 radical (unpaired) electrons. The number of aromatic nitrogens is 4. The topological polar surface area (TPSA) is 75.4 Å². The van der Waals surface area contributed by atoms with Crippen molar-refractivity contribution in [2.24, 2.45) is 0 Å². The molecular weight excluding hydrogens is 397 g/mol. The van der Waals surface area contributed by atoms with Gasteiger partial charge in [-0.1, -0.05) is 13.3 Å². The van der Waals surface area contributed by atoms with Crippen molar-refractivity contribution < 1.29 is 18.0 Å². The van der Waals surface area contributed by atoms with Crippen LogP contribution < -0.4 is 5.32 Å². The summed E-state index contributed by atoms with van der Waals surface area (Å²) in [6, 6.07) is 0.183. The highest BCUT2D eigenvalue weighted by Gasteiger charge is 2.37. The van der Waals surface area contributed by atoms with E-state index in [1.54, 1.807) is 13.8 Å². The van der Waals surface area contributed by atoms with Crippen molar-refractivity contribution >= 4 is 11.7 Å². The van der Waals surface area contributed by atoms with E-state index in [2.05, 4.69) is 32.2 Å². The van der Waals surface area contributed by atoms with Crippen LogP contribution in [-0.4, -0.2) is 56.1 Å². The van der Waals surface area contributed by atoms with Crippen molar-refractivity contribution in [2.75, 3.05) is 19.6 Å². The molecule has 1 amide bonds. The molecule has 0 spiro atoms. The molecule has 1 fully saturated rings. The van der Waals surface area contributed by atoms with E-state index in [1.165, 1.54) is 12.8 Å². The number of hydrogen-bond donors (Lipinski definition) is 1. The van der Waals surface area contributed by atoms with Crippen molar-refractivity contribution in [3.63, 3.8) is 0 Å².